The first kappa shape index (κ1) is 12.9. The van der Waals surface area contributed by atoms with Crippen molar-refractivity contribution in [2.45, 2.75) is 12.8 Å². The Labute approximate surface area is 109 Å². The average molecular weight is 320 g/mol. The van der Waals surface area contributed by atoms with Gasteiger partial charge in [-0.25, -0.2) is 8.78 Å². The van der Waals surface area contributed by atoms with Crippen LogP contribution in [-0.4, -0.2) is 17.0 Å². The predicted octanol–water partition coefficient (Wildman–Crippen LogP) is 2.53. The highest BCUT2D eigenvalue weighted by Gasteiger charge is 2.57. The minimum absolute atomic E-state index is 0.175. The third-order valence-corrected chi connectivity index (χ3v) is 3.30. The largest absolute Gasteiger partial charge is 0.480 e. The maximum atomic E-state index is 13.4. The van der Waals surface area contributed by atoms with Gasteiger partial charge in [0.1, 0.15) is 11.1 Å². The Morgan fingerprint density at radius 3 is 2.17 bits per heavy atom. The van der Waals surface area contributed by atoms with Crippen LogP contribution in [0, 0.1) is 17.0 Å². The number of benzene rings is 1. The standard InChI is InChI=1S/C11H8BrF2NO3/c12-5-3-6(13)8(7(14)4-5)15-9(16)11(1-2-11)10(17)18/h3-4H,1-2H2,(H,15,16)(H,17,18). The van der Waals surface area contributed by atoms with Gasteiger partial charge in [0.25, 0.3) is 0 Å². The fourth-order valence-corrected chi connectivity index (χ4v) is 1.96. The summed E-state index contributed by atoms with van der Waals surface area (Å²) < 4.78 is 27.1. The number of hydrogen-bond donors (Lipinski definition) is 2. The van der Waals surface area contributed by atoms with E-state index in [0.717, 1.165) is 12.1 Å². The minimum atomic E-state index is -1.54. The average Bonchev–Trinajstić information content (AvgIpc) is 3.03. The van der Waals surface area contributed by atoms with Gasteiger partial charge in [-0.2, -0.15) is 0 Å². The Hall–Kier alpha value is -1.50. The first-order valence-corrected chi connectivity index (χ1v) is 5.85. The lowest BCUT2D eigenvalue weighted by Gasteiger charge is -2.12. The number of anilines is 1. The number of amides is 1. The van der Waals surface area contributed by atoms with Crippen molar-refractivity contribution in [3.05, 3.63) is 28.2 Å². The third kappa shape index (κ3) is 2.10. The van der Waals surface area contributed by atoms with Crippen LogP contribution in [0.1, 0.15) is 12.8 Å². The van der Waals surface area contributed by atoms with Crippen molar-refractivity contribution in [1.29, 1.82) is 0 Å². The zero-order valence-electron chi connectivity index (χ0n) is 8.97. The van der Waals surface area contributed by atoms with Crippen LogP contribution in [0.4, 0.5) is 14.5 Å². The van der Waals surface area contributed by atoms with Gasteiger partial charge in [0, 0.05) is 4.47 Å². The van der Waals surface area contributed by atoms with Crippen molar-refractivity contribution >= 4 is 33.5 Å². The van der Waals surface area contributed by atoms with E-state index in [1.54, 1.807) is 0 Å². The lowest BCUT2D eigenvalue weighted by atomic mass is 10.1. The van der Waals surface area contributed by atoms with E-state index in [0.29, 0.717) is 0 Å². The SMILES string of the molecule is O=C(O)C1(C(=O)Nc2c(F)cc(Br)cc2F)CC1. The van der Waals surface area contributed by atoms with Crippen LogP contribution >= 0.6 is 15.9 Å². The van der Waals surface area contributed by atoms with Gasteiger partial charge in [0.15, 0.2) is 11.6 Å². The maximum absolute atomic E-state index is 13.4. The number of aliphatic carboxylic acids is 1. The highest BCUT2D eigenvalue weighted by molar-refractivity contribution is 9.10. The van der Waals surface area contributed by atoms with E-state index < -0.39 is 34.6 Å². The van der Waals surface area contributed by atoms with E-state index in [9.17, 15) is 18.4 Å². The molecule has 0 saturated heterocycles. The Morgan fingerprint density at radius 2 is 1.78 bits per heavy atom. The van der Waals surface area contributed by atoms with Gasteiger partial charge in [-0.3, -0.25) is 9.59 Å². The molecule has 96 valence electrons. The summed E-state index contributed by atoms with van der Waals surface area (Å²) in [7, 11) is 0. The van der Waals surface area contributed by atoms with Crippen LogP contribution in [-0.2, 0) is 9.59 Å². The number of nitrogens with one attached hydrogen (secondary N) is 1. The molecule has 0 atom stereocenters. The van der Waals surface area contributed by atoms with Crippen LogP contribution in [0.3, 0.4) is 0 Å². The van der Waals surface area contributed by atoms with Crippen LogP contribution in [0.5, 0.6) is 0 Å². The van der Waals surface area contributed by atoms with Crippen molar-refractivity contribution < 1.29 is 23.5 Å². The molecule has 0 heterocycles. The van der Waals surface area contributed by atoms with E-state index in [-0.39, 0.29) is 17.3 Å². The summed E-state index contributed by atoms with van der Waals surface area (Å²) in [5, 5.41) is 10.9. The van der Waals surface area contributed by atoms with Crippen molar-refractivity contribution in [2.75, 3.05) is 5.32 Å². The Bertz CT molecular complexity index is 520. The molecule has 0 aliphatic heterocycles. The van der Waals surface area contributed by atoms with E-state index in [1.165, 1.54) is 0 Å². The van der Waals surface area contributed by atoms with Crippen molar-refractivity contribution in [3.63, 3.8) is 0 Å². The highest BCUT2D eigenvalue weighted by Crippen LogP contribution is 2.47. The zero-order valence-corrected chi connectivity index (χ0v) is 10.6. The molecule has 0 bridgehead atoms. The number of carbonyl (C=O) groups excluding carboxylic acids is 1. The van der Waals surface area contributed by atoms with Gasteiger partial charge >= 0.3 is 5.97 Å². The molecule has 1 aromatic carbocycles. The van der Waals surface area contributed by atoms with Gasteiger partial charge in [0.2, 0.25) is 5.91 Å². The monoisotopic (exact) mass is 319 g/mol. The number of carboxylic acid groups (broad SMARTS) is 1. The van der Waals surface area contributed by atoms with Crippen LogP contribution in [0.2, 0.25) is 0 Å². The molecular weight excluding hydrogens is 312 g/mol. The summed E-state index contributed by atoms with van der Waals surface area (Å²) in [5.74, 6) is -4.10. The van der Waals surface area contributed by atoms with Crippen LogP contribution < -0.4 is 5.32 Å². The van der Waals surface area contributed by atoms with E-state index >= 15 is 0 Å². The molecule has 0 radical (unpaired) electrons. The summed E-state index contributed by atoms with van der Waals surface area (Å²) in [5.41, 5.74) is -2.16. The van der Waals surface area contributed by atoms with Gasteiger partial charge < -0.3 is 10.4 Å². The molecule has 0 spiro atoms. The molecule has 1 aliphatic carbocycles. The molecule has 0 aromatic heterocycles. The molecule has 2 rings (SSSR count). The van der Waals surface area contributed by atoms with E-state index in [4.69, 9.17) is 5.11 Å². The van der Waals surface area contributed by atoms with Gasteiger partial charge in [-0.15, -0.1) is 0 Å². The fraction of sp³-hybridized carbons (Fsp3) is 0.273. The second-order valence-electron chi connectivity index (χ2n) is 4.09. The number of carboxylic acids is 1. The van der Waals surface area contributed by atoms with Crippen LogP contribution in [0.15, 0.2) is 16.6 Å². The first-order chi connectivity index (χ1) is 8.36. The third-order valence-electron chi connectivity index (χ3n) is 2.84. The summed E-state index contributed by atoms with van der Waals surface area (Å²) in [6.45, 7) is 0. The number of hydrogen-bond acceptors (Lipinski definition) is 2. The normalized spacial score (nSPS) is 16.2. The number of carbonyl (C=O) groups is 2. The quantitative estimate of drug-likeness (QED) is 0.841. The molecule has 2 N–H and O–H groups in total. The topological polar surface area (TPSA) is 66.4 Å². The smallest absolute Gasteiger partial charge is 0.319 e. The van der Waals surface area contributed by atoms with Gasteiger partial charge in [-0.05, 0) is 25.0 Å². The predicted molar refractivity (Wildman–Crippen MR) is 62.0 cm³/mol. The van der Waals surface area contributed by atoms with Gasteiger partial charge in [0.05, 0.1) is 0 Å². The molecular formula is C11H8BrF2NO3. The Kier molecular flexibility index (Phi) is 3.10. The number of halogens is 3. The lowest BCUT2D eigenvalue weighted by molar-refractivity contribution is -0.147. The molecule has 0 unspecified atom stereocenters. The first-order valence-electron chi connectivity index (χ1n) is 5.06. The van der Waals surface area contributed by atoms with E-state index in [1.807, 2.05) is 5.32 Å². The molecule has 1 aliphatic rings. The summed E-state index contributed by atoms with van der Waals surface area (Å²) in [6, 6.07) is 1.97. The summed E-state index contributed by atoms with van der Waals surface area (Å²) >= 11 is 2.90. The summed E-state index contributed by atoms with van der Waals surface area (Å²) in [6.07, 6.45) is 0.349. The van der Waals surface area contributed by atoms with Gasteiger partial charge in [-0.1, -0.05) is 15.9 Å². The lowest BCUT2D eigenvalue weighted by Crippen LogP contribution is -2.31. The molecule has 4 nitrogen and oxygen atoms in total. The Balaban J connectivity index is 2.26. The molecule has 7 heteroatoms. The van der Waals surface area contributed by atoms with Crippen LogP contribution in [0.25, 0.3) is 0 Å². The van der Waals surface area contributed by atoms with E-state index in [2.05, 4.69) is 15.9 Å². The molecule has 1 amide bonds. The second-order valence-corrected chi connectivity index (χ2v) is 5.00. The maximum Gasteiger partial charge on any atom is 0.319 e. The van der Waals surface area contributed by atoms with Crippen molar-refractivity contribution in [3.8, 4) is 0 Å². The zero-order chi connectivity index (χ0) is 13.5. The highest BCUT2D eigenvalue weighted by atomic mass is 79.9. The molecule has 1 saturated carbocycles. The van der Waals surface area contributed by atoms with Crippen molar-refractivity contribution in [2.24, 2.45) is 5.41 Å². The number of rotatable bonds is 3. The fourth-order valence-electron chi connectivity index (χ4n) is 1.56. The second kappa shape index (κ2) is 4.31. The molecule has 18 heavy (non-hydrogen) atoms. The Morgan fingerprint density at radius 1 is 1.28 bits per heavy atom. The molecule has 1 fully saturated rings. The summed E-state index contributed by atoms with van der Waals surface area (Å²) in [4.78, 5) is 22.6. The molecule has 1 aromatic rings. The van der Waals surface area contributed by atoms with Crippen molar-refractivity contribution in [1.82, 2.24) is 0 Å². The minimum Gasteiger partial charge on any atom is -0.480 e.